The Kier molecular flexibility index (Phi) is 5.46. The van der Waals surface area contributed by atoms with Crippen LogP contribution in [0, 0.1) is 0 Å². The summed E-state index contributed by atoms with van der Waals surface area (Å²) < 4.78 is 0. The molecule has 3 aromatic carbocycles. The molecule has 0 aliphatic carbocycles. The highest BCUT2D eigenvalue weighted by molar-refractivity contribution is 6.09. The van der Waals surface area contributed by atoms with Gasteiger partial charge in [-0.15, -0.1) is 0 Å². The minimum Gasteiger partial charge on any atom is -0.348 e. The van der Waals surface area contributed by atoms with Gasteiger partial charge in [-0.1, -0.05) is 79.7 Å². The molecule has 2 unspecified atom stereocenters. The second-order valence-corrected chi connectivity index (χ2v) is 7.80. The summed E-state index contributed by atoms with van der Waals surface area (Å²) in [5.41, 5.74) is 0.554. The van der Waals surface area contributed by atoms with Crippen LogP contribution in [0.4, 0.5) is 4.79 Å². The SMILES string of the molecule is CCC1(c2ccccc2)NC(=O)N(CC(=O)NC(C)c2cccc3ccccc23)C1=O. The van der Waals surface area contributed by atoms with Crippen LogP contribution in [0.5, 0.6) is 0 Å². The molecule has 6 nitrogen and oxygen atoms in total. The molecule has 1 fully saturated rings. The molecule has 1 saturated heterocycles. The van der Waals surface area contributed by atoms with Crippen molar-refractivity contribution in [2.45, 2.75) is 31.8 Å². The van der Waals surface area contributed by atoms with Gasteiger partial charge in [-0.25, -0.2) is 4.79 Å². The number of amides is 4. The second-order valence-electron chi connectivity index (χ2n) is 7.80. The standard InChI is InChI=1S/C25H25N3O3/c1-3-25(19-12-5-4-6-13-19)23(30)28(24(31)27-25)16-22(29)26-17(2)20-15-9-11-18-10-7-8-14-21(18)20/h4-15,17H,3,16H2,1-2H3,(H,26,29)(H,27,31). The van der Waals surface area contributed by atoms with Gasteiger partial charge in [0, 0.05) is 0 Å². The summed E-state index contributed by atoms with van der Waals surface area (Å²) in [6.07, 6.45) is 0.395. The Bertz CT molecular complexity index is 1140. The zero-order valence-corrected chi connectivity index (χ0v) is 17.6. The van der Waals surface area contributed by atoms with Crippen LogP contribution in [0.2, 0.25) is 0 Å². The molecule has 2 atom stereocenters. The topological polar surface area (TPSA) is 78.5 Å². The number of nitrogens with zero attached hydrogens (tertiary/aromatic N) is 1. The van der Waals surface area contributed by atoms with Gasteiger partial charge in [0.1, 0.15) is 12.1 Å². The monoisotopic (exact) mass is 415 g/mol. The highest BCUT2D eigenvalue weighted by atomic mass is 16.2. The van der Waals surface area contributed by atoms with Crippen LogP contribution in [0.15, 0.2) is 72.8 Å². The van der Waals surface area contributed by atoms with Crippen molar-refractivity contribution in [3.63, 3.8) is 0 Å². The Labute approximate surface area is 181 Å². The van der Waals surface area contributed by atoms with Gasteiger partial charge in [-0.3, -0.25) is 14.5 Å². The summed E-state index contributed by atoms with van der Waals surface area (Å²) in [6, 6.07) is 22.2. The van der Waals surface area contributed by atoms with E-state index in [1.54, 1.807) is 0 Å². The van der Waals surface area contributed by atoms with Crippen LogP contribution < -0.4 is 10.6 Å². The summed E-state index contributed by atoms with van der Waals surface area (Å²) in [4.78, 5) is 39.6. The predicted octanol–water partition coefficient (Wildman–Crippen LogP) is 3.87. The number of carbonyl (C=O) groups excluding carboxylic acids is 3. The first kappa shape index (κ1) is 20.6. The third-order valence-corrected chi connectivity index (χ3v) is 5.94. The van der Waals surface area contributed by atoms with Gasteiger partial charge < -0.3 is 10.6 Å². The number of rotatable bonds is 6. The molecule has 1 heterocycles. The largest absolute Gasteiger partial charge is 0.348 e. The predicted molar refractivity (Wildman–Crippen MR) is 119 cm³/mol. The fourth-order valence-electron chi connectivity index (χ4n) is 4.27. The fourth-order valence-corrected chi connectivity index (χ4v) is 4.27. The van der Waals surface area contributed by atoms with E-state index >= 15 is 0 Å². The number of benzene rings is 3. The van der Waals surface area contributed by atoms with Crippen molar-refractivity contribution in [1.29, 1.82) is 0 Å². The summed E-state index contributed by atoms with van der Waals surface area (Å²) in [5.74, 6) is -0.789. The molecule has 0 spiro atoms. The van der Waals surface area contributed by atoms with Gasteiger partial charge in [-0.05, 0) is 35.2 Å². The summed E-state index contributed by atoms with van der Waals surface area (Å²) in [5, 5.41) is 7.88. The lowest BCUT2D eigenvalue weighted by Crippen LogP contribution is -2.45. The molecule has 0 saturated carbocycles. The zero-order chi connectivity index (χ0) is 22.0. The van der Waals surface area contributed by atoms with Gasteiger partial charge >= 0.3 is 6.03 Å². The highest BCUT2D eigenvalue weighted by Gasteiger charge is 2.51. The Hall–Kier alpha value is -3.67. The van der Waals surface area contributed by atoms with Crippen LogP contribution in [-0.2, 0) is 15.1 Å². The van der Waals surface area contributed by atoms with E-state index in [1.807, 2.05) is 86.6 Å². The Balaban J connectivity index is 1.51. The van der Waals surface area contributed by atoms with Crippen LogP contribution in [0.3, 0.4) is 0 Å². The Morgan fingerprint density at radius 1 is 1.00 bits per heavy atom. The first-order valence-corrected chi connectivity index (χ1v) is 10.4. The molecule has 3 aromatic rings. The Morgan fingerprint density at radius 2 is 1.68 bits per heavy atom. The minimum absolute atomic E-state index is 0.274. The number of urea groups is 1. The van der Waals surface area contributed by atoms with Gasteiger partial charge in [0.05, 0.1) is 6.04 Å². The lowest BCUT2D eigenvalue weighted by atomic mass is 9.87. The molecular formula is C25H25N3O3. The van der Waals surface area contributed by atoms with E-state index in [2.05, 4.69) is 10.6 Å². The van der Waals surface area contributed by atoms with E-state index in [0.717, 1.165) is 21.2 Å². The van der Waals surface area contributed by atoms with Crippen molar-refractivity contribution in [2.75, 3.05) is 6.54 Å². The van der Waals surface area contributed by atoms with E-state index in [9.17, 15) is 14.4 Å². The van der Waals surface area contributed by atoms with Crippen molar-refractivity contribution in [3.05, 3.63) is 83.9 Å². The quantitative estimate of drug-likeness (QED) is 0.600. The zero-order valence-electron chi connectivity index (χ0n) is 17.6. The molecule has 31 heavy (non-hydrogen) atoms. The molecule has 0 bridgehead atoms. The van der Waals surface area contributed by atoms with Crippen molar-refractivity contribution >= 4 is 28.6 Å². The Morgan fingerprint density at radius 3 is 2.42 bits per heavy atom. The van der Waals surface area contributed by atoms with E-state index < -0.39 is 17.5 Å². The molecular weight excluding hydrogens is 390 g/mol. The number of imide groups is 1. The molecule has 4 amide bonds. The molecule has 6 heteroatoms. The van der Waals surface area contributed by atoms with Gasteiger partial charge in [-0.2, -0.15) is 0 Å². The molecule has 158 valence electrons. The van der Waals surface area contributed by atoms with Gasteiger partial charge in [0.15, 0.2) is 0 Å². The first-order chi connectivity index (χ1) is 15.0. The number of carbonyl (C=O) groups is 3. The summed E-state index contributed by atoms with van der Waals surface area (Å²) in [6.45, 7) is 3.41. The third-order valence-electron chi connectivity index (χ3n) is 5.94. The van der Waals surface area contributed by atoms with Gasteiger partial charge in [0.2, 0.25) is 5.91 Å². The normalized spacial score (nSPS) is 19.4. The summed E-state index contributed by atoms with van der Waals surface area (Å²) in [7, 11) is 0. The van der Waals surface area contributed by atoms with Crippen molar-refractivity contribution in [1.82, 2.24) is 15.5 Å². The smallest absolute Gasteiger partial charge is 0.325 e. The molecule has 2 N–H and O–H groups in total. The van der Waals surface area contributed by atoms with E-state index in [4.69, 9.17) is 0 Å². The van der Waals surface area contributed by atoms with Crippen LogP contribution in [0.1, 0.15) is 37.4 Å². The maximum Gasteiger partial charge on any atom is 0.325 e. The van der Waals surface area contributed by atoms with E-state index in [1.165, 1.54) is 0 Å². The molecule has 0 radical (unpaired) electrons. The number of hydrogen-bond acceptors (Lipinski definition) is 3. The molecule has 1 aliphatic heterocycles. The molecule has 4 rings (SSSR count). The van der Waals surface area contributed by atoms with Gasteiger partial charge in [0.25, 0.3) is 5.91 Å². The van der Waals surface area contributed by atoms with Crippen LogP contribution in [-0.4, -0.2) is 29.3 Å². The van der Waals surface area contributed by atoms with Crippen molar-refractivity contribution in [2.24, 2.45) is 0 Å². The van der Waals surface area contributed by atoms with E-state index in [-0.39, 0.29) is 18.5 Å². The fraction of sp³-hybridized carbons (Fsp3) is 0.240. The highest BCUT2D eigenvalue weighted by Crippen LogP contribution is 2.32. The lowest BCUT2D eigenvalue weighted by Gasteiger charge is -2.25. The second kappa shape index (κ2) is 8.22. The third kappa shape index (κ3) is 3.65. The molecule has 1 aliphatic rings. The minimum atomic E-state index is -1.14. The first-order valence-electron chi connectivity index (χ1n) is 10.4. The lowest BCUT2D eigenvalue weighted by molar-refractivity contribution is -0.135. The molecule has 0 aromatic heterocycles. The van der Waals surface area contributed by atoms with Crippen LogP contribution >= 0.6 is 0 Å². The summed E-state index contributed by atoms with van der Waals surface area (Å²) >= 11 is 0. The average Bonchev–Trinajstić information content (AvgIpc) is 3.04. The number of nitrogens with one attached hydrogen (secondary N) is 2. The van der Waals surface area contributed by atoms with E-state index in [0.29, 0.717) is 12.0 Å². The average molecular weight is 415 g/mol. The number of fused-ring (bicyclic) bond motifs is 1. The maximum absolute atomic E-state index is 13.2. The van der Waals surface area contributed by atoms with Crippen molar-refractivity contribution < 1.29 is 14.4 Å². The number of hydrogen-bond donors (Lipinski definition) is 2. The van der Waals surface area contributed by atoms with Crippen LogP contribution in [0.25, 0.3) is 10.8 Å². The maximum atomic E-state index is 13.2. The van der Waals surface area contributed by atoms with Crippen molar-refractivity contribution in [3.8, 4) is 0 Å².